The number of hydrogen-bond acceptors (Lipinski definition) is 4. The smallest absolute Gasteiger partial charge is 0.335 e. The molecule has 0 aromatic heterocycles. The number of carboxylic acids is 1. The molecule has 1 aliphatic rings. The summed E-state index contributed by atoms with van der Waals surface area (Å²) in [6.07, 6.45) is 4.47. The minimum atomic E-state index is -0.975. The fourth-order valence-electron chi connectivity index (χ4n) is 2.29. The zero-order chi connectivity index (χ0) is 14.4. The molecule has 110 valence electrons. The van der Waals surface area contributed by atoms with Crippen LogP contribution in [-0.2, 0) is 4.74 Å². The molecule has 0 bridgehead atoms. The summed E-state index contributed by atoms with van der Waals surface area (Å²) in [5.41, 5.74) is 0.194. The summed E-state index contributed by atoms with van der Waals surface area (Å²) in [6, 6.07) is 4.60. The van der Waals surface area contributed by atoms with Crippen molar-refractivity contribution in [3.63, 3.8) is 0 Å². The Bertz CT molecular complexity index is 452. The van der Waals surface area contributed by atoms with E-state index in [1.165, 1.54) is 19.2 Å². The highest BCUT2D eigenvalue weighted by Gasteiger charge is 2.15. The Morgan fingerprint density at radius 2 is 2.30 bits per heavy atom. The molecule has 1 aromatic carbocycles. The van der Waals surface area contributed by atoms with Gasteiger partial charge in [-0.25, -0.2) is 4.79 Å². The number of ether oxygens (including phenoxy) is 3. The quantitative estimate of drug-likeness (QED) is 0.778. The van der Waals surface area contributed by atoms with E-state index in [9.17, 15) is 4.79 Å². The van der Waals surface area contributed by atoms with Crippen molar-refractivity contribution in [1.29, 1.82) is 0 Å². The Kier molecular flexibility index (Phi) is 5.24. The Balaban J connectivity index is 1.86. The maximum Gasteiger partial charge on any atom is 0.335 e. The van der Waals surface area contributed by atoms with Gasteiger partial charge in [0.2, 0.25) is 0 Å². The van der Waals surface area contributed by atoms with Gasteiger partial charge < -0.3 is 19.3 Å². The topological polar surface area (TPSA) is 65.0 Å². The van der Waals surface area contributed by atoms with E-state index in [0.717, 1.165) is 32.3 Å². The minimum Gasteiger partial charge on any atom is -0.493 e. The molecule has 1 aliphatic heterocycles. The van der Waals surface area contributed by atoms with Gasteiger partial charge in [-0.15, -0.1) is 0 Å². The molecule has 0 radical (unpaired) electrons. The van der Waals surface area contributed by atoms with Crippen molar-refractivity contribution < 1.29 is 24.1 Å². The lowest BCUT2D eigenvalue weighted by Crippen LogP contribution is -2.08. The highest BCUT2D eigenvalue weighted by molar-refractivity contribution is 5.88. The summed E-state index contributed by atoms with van der Waals surface area (Å²) >= 11 is 0. The van der Waals surface area contributed by atoms with E-state index >= 15 is 0 Å². The molecule has 1 saturated heterocycles. The third kappa shape index (κ3) is 3.87. The highest BCUT2D eigenvalue weighted by atomic mass is 16.5. The maximum absolute atomic E-state index is 10.9. The third-order valence-corrected chi connectivity index (χ3v) is 3.36. The second kappa shape index (κ2) is 7.14. The van der Waals surface area contributed by atoms with Crippen molar-refractivity contribution in [1.82, 2.24) is 0 Å². The molecule has 1 aromatic rings. The van der Waals surface area contributed by atoms with Crippen LogP contribution in [0, 0.1) is 0 Å². The first-order valence-electron chi connectivity index (χ1n) is 6.86. The second-order valence-corrected chi connectivity index (χ2v) is 4.80. The molecule has 0 amide bonds. The van der Waals surface area contributed by atoms with E-state index in [1.54, 1.807) is 6.07 Å². The first-order chi connectivity index (χ1) is 9.70. The van der Waals surface area contributed by atoms with Gasteiger partial charge in [-0.1, -0.05) is 0 Å². The second-order valence-electron chi connectivity index (χ2n) is 4.80. The number of carbonyl (C=O) groups is 1. The van der Waals surface area contributed by atoms with E-state index in [1.807, 2.05) is 0 Å². The zero-order valence-corrected chi connectivity index (χ0v) is 11.6. The molecular weight excluding hydrogens is 260 g/mol. The van der Waals surface area contributed by atoms with Gasteiger partial charge in [-0.3, -0.25) is 0 Å². The molecule has 5 nitrogen and oxygen atoms in total. The van der Waals surface area contributed by atoms with Crippen LogP contribution in [0.3, 0.4) is 0 Å². The van der Waals surface area contributed by atoms with Crippen molar-refractivity contribution in [2.24, 2.45) is 0 Å². The zero-order valence-electron chi connectivity index (χ0n) is 11.6. The Labute approximate surface area is 118 Å². The lowest BCUT2D eigenvalue weighted by atomic mass is 10.1. The molecule has 20 heavy (non-hydrogen) atoms. The summed E-state index contributed by atoms with van der Waals surface area (Å²) in [5, 5.41) is 8.98. The number of methoxy groups -OCH3 is 1. The van der Waals surface area contributed by atoms with E-state index in [4.69, 9.17) is 19.3 Å². The van der Waals surface area contributed by atoms with Crippen molar-refractivity contribution in [3.05, 3.63) is 23.8 Å². The molecular formula is C15H20O5. The Morgan fingerprint density at radius 1 is 1.45 bits per heavy atom. The van der Waals surface area contributed by atoms with Crippen molar-refractivity contribution in [2.45, 2.75) is 31.8 Å². The fourth-order valence-corrected chi connectivity index (χ4v) is 2.29. The third-order valence-electron chi connectivity index (χ3n) is 3.36. The number of benzene rings is 1. The first kappa shape index (κ1) is 14.7. The molecule has 1 heterocycles. The standard InChI is InChI=1S/C15H20O5/c1-18-13-7-6-11(15(16)17)10-14(13)20-9-3-5-12-4-2-8-19-12/h6-7,10,12H,2-5,8-9H2,1H3,(H,16,17). The number of hydrogen-bond donors (Lipinski definition) is 1. The predicted molar refractivity (Wildman–Crippen MR) is 73.7 cm³/mol. The number of carboxylic acid groups (broad SMARTS) is 1. The largest absolute Gasteiger partial charge is 0.493 e. The van der Waals surface area contributed by atoms with Gasteiger partial charge in [0, 0.05) is 6.61 Å². The van der Waals surface area contributed by atoms with Crippen LogP contribution in [0.2, 0.25) is 0 Å². The fraction of sp³-hybridized carbons (Fsp3) is 0.533. The van der Waals surface area contributed by atoms with Gasteiger partial charge in [0.25, 0.3) is 0 Å². The molecule has 1 fully saturated rings. The average molecular weight is 280 g/mol. The van der Waals surface area contributed by atoms with Crippen LogP contribution < -0.4 is 9.47 Å². The molecule has 5 heteroatoms. The number of aromatic carboxylic acids is 1. The van der Waals surface area contributed by atoms with Crippen LogP contribution in [0.5, 0.6) is 11.5 Å². The molecule has 0 saturated carbocycles. The van der Waals surface area contributed by atoms with Gasteiger partial charge in [0.05, 0.1) is 25.4 Å². The lowest BCUT2D eigenvalue weighted by Gasteiger charge is -2.12. The summed E-state index contributed by atoms with van der Waals surface area (Å²) < 4.78 is 16.3. The first-order valence-corrected chi connectivity index (χ1v) is 6.86. The van der Waals surface area contributed by atoms with E-state index in [0.29, 0.717) is 24.2 Å². The summed E-state index contributed by atoms with van der Waals surface area (Å²) in [4.78, 5) is 10.9. The summed E-state index contributed by atoms with van der Waals surface area (Å²) in [7, 11) is 1.54. The summed E-state index contributed by atoms with van der Waals surface area (Å²) in [6.45, 7) is 1.39. The van der Waals surface area contributed by atoms with Crippen LogP contribution in [0.25, 0.3) is 0 Å². The molecule has 1 unspecified atom stereocenters. The van der Waals surface area contributed by atoms with Crippen LogP contribution in [0.1, 0.15) is 36.0 Å². The van der Waals surface area contributed by atoms with Gasteiger partial charge in [-0.2, -0.15) is 0 Å². The monoisotopic (exact) mass is 280 g/mol. The molecule has 2 rings (SSSR count). The molecule has 0 aliphatic carbocycles. The normalized spacial score (nSPS) is 17.9. The van der Waals surface area contributed by atoms with E-state index < -0.39 is 5.97 Å². The van der Waals surface area contributed by atoms with Crippen molar-refractivity contribution in [3.8, 4) is 11.5 Å². The van der Waals surface area contributed by atoms with E-state index in [2.05, 4.69) is 0 Å². The maximum atomic E-state index is 10.9. The van der Waals surface area contributed by atoms with Crippen LogP contribution >= 0.6 is 0 Å². The lowest BCUT2D eigenvalue weighted by molar-refractivity contribution is 0.0696. The van der Waals surface area contributed by atoms with Gasteiger partial charge in [-0.05, 0) is 43.9 Å². The van der Waals surface area contributed by atoms with Gasteiger partial charge >= 0.3 is 5.97 Å². The molecule has 0 spiro atoms. The van der Waals surface area contributed by atoms with Crippen LogP contribution in [0.4, 0.5) is 0 Å². The van der Waals surface area contributed by atoms with E-state index in [-0.39, 0.29) is 5.56 Å². The highest BCUT2D eigenvalue weighted by Crippen LogP contribution is 2.28. The summed E-state index contributed by atoms with van der Waals surface area (Å²) in [5.74, 6) is 0.0451. The average Bonchev–Trinajstić information content (AvgIpc) is 2.96. The van der Waals surface area contributed by atoms with Crippen molar-refractivity contribution in [2.75, 3.05) is 20.3 Å². The molecule has 1 atom stereocenters. The Morgan fingerprint density at radius 3 is 2.95 bits per heavy atom. The van der Waals surface area contributed by atoms with Gasteiger partial charge in [0.15, 0.2) is 11.5 Å². The minimum absolute atomic E-state index is 0.194. The SMILES string of the molecule is COc1ccc(C(=O)O)cc1OCCCC1CCCO1. The Hall–Kier alpha value is -1.75. The van der Waals surface area contributed by atoms with Crippen LogP contribution in [-0.4, -0.2) is 37.5 Å². The number of rotatable bonds is 7. The van der Waals surface area contributed by atoms with Gasteiger partial charge in [0.1, 0.15) is 0 Å². The molecule has 1 N–H and O–H groups in total. The van der Waals surface area contributed by atoms with Crippen molar-refractivity contribution >= 4 is 5.97 Å². The predicted octanol–water partition coefficient (Wildman–Crippen LogP) is 2.73. The van der Waals surface area contributed by atoms with Crippen LogP contribution in [0.15, 0.2) is 18.2 Å².